The van der Waals surface area contributed by atoms with Crippen LogP contribution < -0.4 is 11.1 Å². The lowest BCUT2D eigenvalue weighted by Gasteiger charge is -2.14. The smallest absolute Gasteiger partial charge is 0.220 e. The molecule has 0 bridgehead atoms. The monoisotopic (exact) mass is 252 g/mol. The van der Waals surface area contributed by atoms with Gasteiger partial charge in [0.1, 0.15) is 5.82 Å². The Morgan fingerprint density at radius 2 is 2.17 bits per heavy atom. The van der Waals surface area contributed by atoms with Gasteiger partial charge >= 0.3 is 0 Å². The summed E-state index contributed by atoms with van der Waals surface area (Å²) in [6.07, 6.45) is 3.27. The zero-order valence-corrected chi connectivity index (χ0v) is 10.8. The van der Waals surface area contributed by atoms with Gasteiger partial charge in [0.2, 0.25) is 5.91 Å². The molecule has 0 heterocycles. The molecule has 1 aromatic carbocycles. The molecule has 0 aliphatic rings. The first-order chi connectivity index (χ1) is 8.63. The lowest BCUT2D eigenvalue weighted by atomic mass is 10.1. The van der Waals surface area contributed by atoms with E-state index in [1.807, 2.05) is 13.0 Å². The molecule has 1 aromatic rings. The molecule has 0 aliphatic heterocycles. The molecule has 100 valence electrons. The van der Waals surface area contributed by atoms with Crippen LogP contribution in [0.25, 0.3) is 0 Å². The highest BCUT2D eigenvalue weighted by Gasteiger charge is 2.09. The van der Waals surface area contributed by atoms with E-state index in [1.165, 1.54) is 12.1 Å². The SMILES string of the molecule is C[C@H](NC(=O)CCCCCN)c1cccc(F)c1. The fourth-order valence-electron chi connectivity index (χ4n) is 1.78. The molecular weight excluding hydrogens is 231 g/mol. The highest BCUT2D eigenvalue weighted by atomic mass is 19.1. The standard InChI is InChI=1S/C14H21FN2O/c1-11(12-6-5-7-13(15)10-12)17-14(18)8-3-2-4-9-16/h5-7,10-11H,2-4,8-9,16H2,1H3,(H,17,18)/t11-/m0/s1. The molecule has 0 radical (unpaired) electrons. The van der Waals surface area contributed by atoms with Crippen LogP contribution in [0.4, 0.5) is 4.39 Å². The highest BCUT2D eigenvalue weighted by Crippen LogP contribution is 2.13. The van der Waals surface area contributed by atoms with Crippen molar-refractivity contribution in [2.75, 3.05) is 6.54 Å². The molecule has 0 aliphatic carbocycles. The van der Waals surface area contributed by atoms with Crippen molar-refractivity contribution >= 4 is 5.91 Å². The third kappa shape index (κ3) is 5.27. The van der Waals surface area contributed by atoms with Gasteiger partial charge in [0, 0.05) is 6.42 Å². The Morgan fingerprint density at radius 1 is 1.39 bits per heavy atom. The number of rotatable bonds is 7. The first-order valence-electron chi connectivity index (χ1n) is 6.38. The summed E-state index contributed by atoms with van der Waals surface area (Å²) in [5.74, 6) is -0.277. The van der Waals surface area contributed by atoms with Gasteiger partial charge in [-0.1, -0.05) is 18.6 Å². The van der Waals surface area contributed by atoms with Crippen LogP contribution in [0.2, 0.25) is 0 Å². The number of nitrogens with two attached hydrogens (primary N) is 1. The van der Waals surface area contributed by atoms with Crippen LogP contribution in [-0.2, 0) is 4.79 Å². The predicted octanol–water partition coefficient (Wildman–Crippen LogP) is 2.52. The van der Waals surface area contributed by atoms with E-state index >= 15 is 0 Å². The van der Waals surface area contributed by atoms with Crippen molar-refractivity contribution in [2.24, 2.45) is 5.73 Å². The van der Waals surface area contributed by atoms with Gasteiger partial charge in [-0.15, -0.1) is 0 Å². The average Bonchev–Trinajstić information content (AvgIpc) is 2.34. The van der Waals surface area contributed by atoms with Crippen molar-refractivity contribution in [1.82, 2.24) is 5.32 Å². The fourth-order valence-corrected chi connectivity index (χ4v) is 1.78. The van der Waals surface area contributed by atoms with Crippen molar-refractivity contribution in [2.45, 2.75) is 38.6 Å². The Kier molecular flexibility index (Phi) is 6.36. The van der Waals surface area contributed by atoms with Gasteiger partial charge in [-0.05, 0) is 44.0 Å². The minimum atomic E-state index is -0.281. The van der Waals surface area contributed by atoms with Crippen LogP contribution in [0.1, 0.15) is 44.2 Å². The molecule has 0 saturated carbocycles. The third-order valence-corrected chi connectivity index (χ3v) is 2.83. The second-order valence-electron chi connectivity index (χ2n) is 4.44. The topological polar surface area (TPSA) is 55.1 Å². The van der Waals surface area contributed by atoms with E-state index in [2.05, 4.69) is 5.32 Å². The normalized spacial score (nSPS) is 12.2. The molecule has 18 heavy (non-hydrogen) atoms. The van der Waals surface area contributed by atoms with Gasteiger partial charge in [-0.2, -0.15) is 0 Å². The minimum Gasteiger partial charge on any atom is -0.350 e. The Hall–Kier alpha value is -1.42. The number of hydrogen-bond donors (Lipinski definition) is 2. The largest absolute Gasteiger partial charge is 0.350 e. The summed E-state index contributed by atoms with van der Waals surface area (Å²) in [5, 5.41) is 2.86. The number of amides is 1. The van der Waals surface area contributed by atoms with Crippen molar-refractivity contribution < 1.29 is 9.18 Å². The lowest BCUT2D eigenvalue weighted by molar-refractivity contribution is -0.121. The van der Waals surface area contributed by atoms with E-state index in [4.69, 9.17) is 5.73 Å². The van der Waals surface area contributed by atoms with Crippen LogP contribution in [0.15, 0.2) is 24.3 Å². The van der Waals surface area contributed by atoms with Crippen LogP contribution in [0, 0.1) is 5.82 Å². The lowest BCUT2D eigenvalue weighted by Crippen LogP contribution is -2.26. The number of nitrogens with one attached hydrogen (secondary N) is 1. The zero-order chi connectivity index (χ0) is 13.4. The van der Waals surface area contributed by atoms with E-state index in [9.17, 15) is 9.18 Å². The highest BCUT2D eigenvalue weighted by molar-refractivity contribution is 5.76. The van der Waals surface area contributed by atoms with Gasteiger partial charge in [0.15, 0.2) is 0 Å². The molecule has 3 N–H and O–H groups in total. The number of unbranched alkanes of at least 4 members (excludes halogenated alkanes) is 2. The first-order valence-corrected chi connectivity index (χ1v) is 6.38. The van der Waals surface area contributed by atoms with Gasteiger partial charge in [-0.3, -0.25) is 4.79 Å². The van der Waals surface area contributed by atoms with Crippen molar-refractivity contribution in [3.8, 4) is 0 Å². The van der Waals surface area contributed by atoms with E-state index in [0.29, 0.717) is 13.0 Å². The summed E-state index contributed by atoms with van der Waals surface area (Å²) in [4.78, 5) is 11.6. The molecule has 3 nitrogen and oxygen atoms in total. The quantitative estimate of drug-likeness (QED) is 0.733. The van der Waals surface area contributed by atoms with Crippen LogP contribution >= 0.6 is 0 Å². The number of carbonyl (C=O) groups excluding carboxylic acids is 1. The number of hydrogen-bond acceptors (Lipinski definition) is 2. The third-order valence-electron chi connectivity index (χ3n) is 2.83. The number of halogens is 1. The van der Waals surface area contributed by atoms with Crippen molar-refractivity contribution in [3.63, 3.8) is 0 Å². The summed E-state index contributed by atoms with van der Waals surface area (Å²) in [7, 11) is 0. The van der Waals surface area contributed by atoms with Gasteiger partial charge in [0.25, 0.3) is 0 Å². The number of benzene rings is 1. The van der Waals surface area contributed by atoms with E-state index in [-0.39, 0.29) is 17.8 Å². The summed E-state index contributed by atoms with van der Waals surface area (Å²) in [6.45, 7) is 2.52. The van der Waals surface area contributed by atoms with Gasteiger partial charge < -0.3 is 11.1 Å². The van der Waals surface area contributed by atoms with Crippen LogP contribution in [-0.4, -0.2) is 12.5 Å². The minimum absolute atomic E-state index is 0.00350. The number of carbonyl (C=O) groups is 1. The van der Waals surface area contributed by atoms with Gasteiger partial charge in [-0.25, -0.2) is 4.39 Å². The molecule has 0 fully saturated rings. The first kappa shape index (κ1) is 14.6. The van der Waals surface area contributed by atoms with Crippen LogP contribution in [0.5, 0.6) is 0 Å². The maximum absolute atomic E-state index is 13.0. The Morgan fingerprint density at radius 3 is 2.83 bits per heavy atom. The predicted molar refractivity (Wildman–Crippen MR) is 70.5 cm³/mol. The summed E-state index contributed by atoms with van der Waals surface area (Å²) in [5.41, 5.74) is 6.16. The molecular formula is C14H21FN2O. The van der Waals surface area contributed by atoms with Crippen molar-refractivity contribution in [1.29, 1.82) is 0 Å². The maximum Gasteiger partial charge on any atom is 0.220 e. The summed E-state index contributed by atoms with van der Waals surface area (Å²) < 4.78 is 13.0. The Balaban J connectivity index is 2.35. The average molecular weight is 252 g/mol. The van der Waals surface area contributed by atoms with Crippen LogP contribution in [0.3, 0.4) is 0 Å². The summed E-state index contributed by atoms with van der Waals surface area (Å²) >= 11 is 0. The Bertz CT molecular complexity index is 382. The van der Waals surface area contributed by atoms with E-state index in [1.54, 1.807) is 6.07 Å². The molecule has 0 spiro atoms. The van der Waals surface area contributed by atoms with Crippen molar-refractivity contribution in [3.05, 3.63) is 35.6 Å². The second-order valence-corrected chi connectivity index (χ2v) is 4.44. The maximum atomic E-state index is 13.0. The Labute approximate surface area is 108 Å². The molecule has 0 saturated heterocycles. The van der Waals surface area contributed by atoms with Gasteiger partial charge in [0.05, 0.1) is 6.04 Å². The second kappa shape index (κ2) is 7.82. The molecule has 1 rings (SSSR count). The molecule has 0 unspecified atom stereocenters. The molecule has 0 aromatic heterocycles. The van der Waals surface area contributed by atoms with E-state index in [0.717, 1.165) is 24.8 Å². The molecule has 1 atom stereocenters. The van der Waals surface area contributed by atoms with E-state index < -0.39 is 0 Å². The molecule has 1 amide bonds. The molecule has 4 heteroatoms. The summed E-state index contributed by atoms with van der Waals surface area (Å²) in [6, 6.07) is 6.13. The fraction of sp³-hybridized carbons (Fsp3) is 0.500. The zero-order valence-electron chi connectivity index (χ0n) is 10.8.